The van der Waals surface area contributed by atoms with E-state index in [1.54, 1.807) is 20.8 Å². The Kier molecular flexibility index (Phi) is 4.08. The molecule has 1 heterocycles. The third-order valence-corrected chi connectivity index (χ3v) is 3.89. The molecule has 0 saturated heterocycles. The summed E-state index contributed by atoms with van der Waals surface area (Å²) in [6.45, 7) is 5.19. The third-order valence-electron chi connectivity index (χ3n) is 1.57. The summed E-state index contributed by atoms with van der Waals surface area (Å²) in [6.07, 6.45) is -2.22. The van der Waals surface area contributed by atoms with Crippen LogP contribution in [0.2, 0.25) is 0 Å². The molecule has 0 unspecified atom stereocenters. The lowest BCUT2D eigenvalue weighted by molar-refractivity contribution is -0.137. The van der Waals surface area contributed by atoms with Crippen LogP contribution in [0.4, 0.5) is 13.2 Å². The van der Waals surface area contributed by atoms with Gasteiger partial charge in [0.05, 0.1) is 15.8 Å². The van der Waals surface area contributed by atoms with Gasteiger partial charge in [-0.15, -0.1) is 11.3 Å². The van der Waals surface area contributed by atoms with Gasteiger partial charge < -0.3 is 0 Å². The van der Waals surface area contributed by atoms with E-state index in [1.807, 2.05) is 0 Å². The van der Waals surface area contributed by atoms with Gasteiger partial charge in [0, 0.05) is 6.20 Å². The predicted molar refractivity (Wildman–Crippen MR) is 62.6 cm³/mol. The number of halogens is 3. The summed E-state index contributed by atoms with van der Waals surface area (Å²) >= 11 is 0.473. The molecule has 0 radical (unpaired) electrons. The largest absolute Gasteiger partial charge is 0.443 e. The zero-order valence-corrected chi connectivity index (χ0v) is 11.0. The standard InChI is InChI=1S/C9H11F3N2OS2/c1-8(2,3)17(15)14-5-6-4-13-7(16-6)9(10,11)12/h4-5H,1-3H3/b14-5+/t17-/m1/s1. The molecule has 3 nitrogen and oxygen atoms in total. The van der Waals surface area contributed by atoms with E-state index in [9.17, 15) is 17.4 Å². The topological polar surface area (TPSA) is 42.3 Å². The Morgan fingerprint density at radius 3 is 2.41 bits per heavy atom. The van der Waals surface area contributed by atoms with Gasteiger partial charge in [-0.05, 0) is 20.8 Å². The highest BCUT2D eigenvalue weighted by Gasteiger charge is 2.34. The molecule has 0 bridgehead atoms. The van der Waals surface area contributed by atoms with Crippen molar-refractivity contribution < 1.29 is 17.4 Å². The molecule has 1 rings (SSSR count). The van der Waals surface area contributed by atoms with Gasteiger partial charge in [0.25, 0.3) is 0 Å². The molecule has 0 aliphatic rings. The van der Waals surface area contributed by atoms with Crippen molar-refractivity contribution in [3.8, 4) is 0 Å². The van der Waals surface area contributed by atoms with Crippen LogP contribution in [0, 0.1) is 0 Å². The zero-order valence-electron chi connectivity index (χ0n) is 9.41. The second-order valence-electron chi connectivity index (χ2n) is 4.16. The van der Waals surface area contributed by atoms with E-state index in [4.69, 9.17) is 0 Å². The third kappa shape index (κ3) is 4.19. The summed E-state index contributed by atoms with van der Waals surface area (Å²) in [7, 11) is -1.48. The monoisotopic (exact) mass is 284 g/mol. The molecule has 0 N–H and O–H groups in total. The first-order valence-corrected chi connectivity index (χ1v) is 6.52. The smallest absolute Gasteiger partial charge is 0.240 e. The molecule has 0 spiro atoms. The van der Waals surface area contributed by atoms with Gasteiger partial charge in [0.15, 0.2) is 5.01 Å². The van der Waals surface area contributed by atoms with Crippen molar-refractivity contribution in [1.29, 1.82) is 0 Å². The lowest BCUT2D eigenvalue weighted by atomic mass is 10.3. The van der Waals surface area contributed by atoms with Gasteiger partial charge in [0.2, 0.25) is 0 Å². The van der Waals surface area contributed by atoms with Gasteiger partial charge in [-0.25, -0.2) is 9.19 Å². The normalized spacial score (nSPS) is 15.4. The first kappa shape index (κ1) is 14.3. The minimum Gasteiger partial charge on any atom is -0.240 e. The summed E-state index contributed by atoms with van der Waals surface area (Å²) in [5.74, 6) is 0. The number of thiazole rings is 1. The summed E-state index contributed by atoms with van der Waals surface area (Å²) < 4.78 is 51.4. The van der Waals surface area contributed by atoms with Crippen LogP contribution >= 0.6 is 11.3 Å². The first-order valence-electron chi connectivity index (χ1n) is 4.60. The summed E-state index contributed by atoms with van der Waals surface area (Å²) in [5, 5.41) is -0.930. The summed E-state index contributed by atoms with van der Waals surface area (Å²) in [6, 6.07) is 0. The highest BCUT2D eigenvalue weighted by atomic mass is 32.2. The van der Waals surface area contributed by atoms with Crippen molar-refractivity contribution in [3.63, 3.8) is 0 Å². The van der Waals surface area contributed by atoms with Crippen LogP contribution in [-0.2, 0) is 17.2 Å². The number of nitrogens with zero attached hydrogens (tertiary/aromatic N) is 2. The van der Waals surface area contributed by atoms with Crippen LogP contribution in [0.1, 0.15) is 30.7 Å². The maximum atomic E-state index is 12.2. The highest BCUT2D eigenvalue weighted by molar-refractivity contribution is 7.85. The lowest BCUT2D eigenvalue weighted by Gasteiger charge is -2.12. The Morgan fingerprint density at radius 1 is 1.41 bits per heavy atom. The molecule has 1 aromatic heterocycles. The fourth-order valence-corrected chi connectivity index (χ4v) is 1.98. The Morgan fingerprint density at radius 2 is 2.00 bits per heavy atom. The Bertz CT molecular complexity index is 446. The van der Waals surface area contributed by atoms with Gasteiger partial charge in [-0.2, -0.15) is 17.6 Å². The van der Waals surface area contributed by atoms with Gasteiger partial charge >= 0.3 is 6.18 Å². The maximum absolute atomic E-state index is 12.2. The number of hydrogen-bond acceptors (Lipinski definition) is 3. The fourth-order valence-electron chi connectivity index (χ4n) is 0.735. The molecular weight excluding hydrogens is 273 g/mol. The van der Waals surface area contributed by atoms with Crippen molar-refractivity contribution in [3.05, 3.63) is 16.1 Å². The molecule has 96 valence electrons. The molecule has 0 aromatic carbocycles. The van der Waals surface area contributed by atoms with E-state index in [-0.39, 0.29) is 4.88 Å². The molecule has 0 amide bonds. The van der Waals surface area contributed by atoms with E-state index in [0.717, 1.165) is 12.4 Å². The van der Waals surface area contributed by atoms with Crippen molar-refractivity contribution in [2.75, 3.05) is 0 Å². The lowest BCUT2D eigenvalue weighted by Crippen LogP contribution is -2.19. The molecule has 17 heavy (non-hydrogen) atoms. The first-order chi connectivity index (χ1) is 7.60. The van der Waals surface area contributed by atoms with Crippen LogP contribution in [0.5, 0.6) is 0 Å². The minimum atomic E-state index is -4.44. The van der Waals surface area contributed by atoms with Gasteiger partial charge in [0.1, 0.15) is 11.0 Å². The van der Waals surface area contributed by atoms with Gasteiger partial charge in [-0.3, -0.25) is 0 Å². The number of alkyl halides is 3. The Labute approximate surface area is 103 Å². The van der Waals surface area contributed by atoms with Gasteiger partial charge in [-0.1, -0.05) is 0 Å². The molecular formula is C9H11F3N2OS2. The van der Waals surface area contributed by atoms with Crippen LogP contribution in [0.25, 0.3) is 0 Å². The molecule has 0 saturated carbocycles. The SMILES string of the molecule is CC(C)(C)[S@@](=O)/N=C/c1cnc(C(F)(F)F)s1. The molecule has 0 aliphatic heterocycles. The Hall–Kier alpha value is -0.760. The molecule has 0 aliphatic carbocycles. The highest BCUT2D eigenvalue weighted by Crippen LogP contribution is 2.31. The van der Waals surface area contributed by atoms with Crippen LogP contribution in [-0.4, -0.2) is 20.2 Å². The minimum absolute atomic E-state index is 0.231. The van der Waals surface area contributed by atoms with Crippen molar-refractivity contribution >= 4 is 28.5 Å². The predicted octanol–water partition coefficient (Wildman–Crippen LogP) is 3.04. The summed E-state index contributed by atoms with van der Waals surface area (Å²) in [4.78, 5) is 3.46. The van der Waals surface area contributed by atoms with Crippen molar-refractivity contribution in [2.45, 2.75) is 31.7 Å². The number of hydrogen-bond donors (Lipinski definition) is 0. The number of aromatic nitrogens is 1. The average Bonchev–Trinajstić information content (AvgIpc) is 2.59. The van der Waals surface area contributed by atoms with E-state index < -0.39 is 26.9 Å². The van der Waals surface area contributed by atoms with E-state index in [0.29, 0.717) is 11.3 Å². The number of rotatable bonds is 2. The van der Waals surface area contributed by atoms with Crippen LogP contribution < -0.4 is 0 Å². The quantitative estimate of drug-likeness (QED) is 0.783. The van der Waals surface area contributed by atoms with Crippen molar-refractivity contribution in [1.82, 2.24) is 4.98 Å². The molecule has 8 heteroatoms. The Balaban J connectivity index is 2.81. The maximum Gasteiger partial charge on any atom is 0.443 e. The van der Waals surface area contributed by atoms with E-state index >= 15 is 0 Å². The molecule has 1 atom stereocenters. The zero-order chi connectivity index (χ0) is 13.3. The molecule has 1 aromatic rings. The summed E-state index contributed by atoms with van der Waals surface area (Å²) in [5.41, 5.74) is 0. The fraction of sp³-hybridized carbons (Fsp3) is 0.556. The van der Waals surface area contributed by atoms with Crippen LogP contribution in [0.15, 0.2) is 10.6 Å². The van der Waals surface area contributed by atoms with Crippen LogP contribution in [0.3, 0.4) is 0 Å². The van der Waals surface area contributed by atoms with E-state index in [1.165, 1.54) is 0 Å². The van der Waals surface area contributed by atoms with Crippen molar-refractivity contribution in [2.24, 2.45) is 4.40 Å². The van der Waals surface area contributed by atoms with E-state index in [2.05, 4.69) is 9.38 Å². The second kappa shape index (κ2) is 4.85. The second-order valence-corrected chi connectivity index (χ2v) is 7.16. The average molecular weight is 284 g/mol. The molecule has 0 fully saturated rings.